The largest absolute Gasteiger partial charge is 0.454 e. The van der Waals surface area contributed by atoms with E-state index in [0.717, 1.165) is 11.1 Å². The third-order valence-electron chi connectivity index (χ3n) is 2.97. The lowest BCUT2D eigenvalue weighted by atomic mass is 10.0. The monoisotopic (exact) mass is 259 g/mol. The molecule has 2 N–H and O–H groups in total. The highest BCUT2D eigenvalue weighted by molar-refractivity contribution is 5.46. The van der Waals surface area contributed by atoms with Gasteiger partial charge in [0.1, 0.15) is 5.75 Å². The summed E-state index contributed by atoms with van der Waals surface area (Å²) in [6, 6.07) is 10.4. The lowest BCUT2D eigenvalue weighted by molar-refractivity contribution is 0.435. The van der Waals surface area contributed by atoms with Gasteiger partial charge in [-0.3, -0.25) is 0 Å². The first-order valence-corrected chi connectivity index (χ1v) is 6.31. The van der Waals surface area contributed by atoms with E-state index in [9.17, 15) is 4.39 Å². The number of aryl methyl sites for hydroxylation is 1. The maximum atomic E-state index is 13.8. The molecule has 2 rings (SSSR count). The number of nitrogen functional groups attached to an aromatic ring is 1. The summed E-state index contributed by atoms with van der Waals surface area (Å²) in [4.78, 5) is 0. The minimum atomic E-state index is -0.448. The molecule has 0 aromatic heterocycles. The van der Waals surface area contributed by atoms with Gasteiger partial charge in [0.15, 0.2) is 11.6 Å². The van der Waals surface area contributed by atoms with E-state index in [1.807, 2.05) is 25.1 Å². The first-order chi connectivity index (χ1) is 8.97. The zero-order valence-electron chi connectivity index (χ0n) is 11.4. The molecule has 0 fully saturated rings. The Morgan fingerprint density at radius 2 is 1.79 bits per heavy atom. The predicted molar refractivity (Wildman–Crippen MR) is 76.2 cm³/mol. The summed E-state index contributed by atoms with van der Waals surface area (Å²) in [5.74, 6) is 0.754. The van der Waals surface area contributed by atoms with E-state index in [-0.39, 0.29) is 5.75 Å². The Labute approximate surface area is 113 Å². The van der Waals surface area contributed by atoms with Gasteiger partial charge in [-0.1, -0.05) is 26.0 Å². The number of nitrogens with two attached hydrogens (primary N) is 1. The molecule has 0 bridgehead atoms. The average Bonchev–Trinajstić information content (AvgIpc) is 2.32. The van der Waals surface area contributed by atoms with E-state index in [4.69, 9.17) is 10.5 Å². The minimum absolute atomic E-state index is 0.196. The molecule has 0 aliphatic heterocycles. The number of benzene rings is 2. The summed E-state index contributed by atoms with van der Waals surface area (Å²) in [5.41, 5.74) is 8.05. The molecule has 2 aromatic rings. The first-order valence-electron chi connectivity index (χ1n) is 6.31. The average molecular weight is 259 g/mol. The Hall–Kier alpha value is -2.03. The van der Waals surface area contributed by atoms with Crippen LogP contribution in [0.2, 0.25) is 0 Å². The molecule has 19 heavy (non-hydrogen) atoms. The highest BCUT2D eigenvalue weighted by atomic mass is 19.1. The third kappa shape index (κ3) is 3.05. The van der Waals surface area contributed by atoms with Crippen LogP contribution < -0.4 is 10.5 Å². The van der Waals surface area contributed by atoms with Gasteiger partial charge >= 0.3 is 0 Å². The lowest BCUT2D eigenvalue weighted by Crippen LogP contribution is -1.97. The highest BCUT2D eigenvalue weighted by Gasteiger charge is 2.11. The maximum absolute atomic E-state index is 13.8. The van der Waals surface area contributed by atoms with Crippen molar-refractivity contribution in [3.63, 3.8) is 0 Å². The van der Waals surface area contributed by atoms with Gasteiger partial charge in [-0.15, -0.1) is 0 Å². The van der Waals surface area contributed by atoms with Gasteiger partial charge in [0, 0.05) is 11.8 Å². The molecule has 0 aliphatic rings. The molecule has 2 aromatic carbocycles. The van der Waals surface area contributed by atoms with Crippen molar-refractivity contribution in [2.45, 2.75) is 26.7 Å². The van der Waals surface area contributed by atoms with Gasteiger partial charge in [-0.25, -0.2) is 4.39 Å². The zero-order chi connectivity index (χ0) is 14.0. The summed E-state index contributed by atoms with van der Waals surface area (Å²) < 4.78 is 19.5. The third-order valence-corrected chi connectivity index (χ3v) is 2.97. The summed E-state index contributed by atoms with van der Waals surface area (Å²) in [7, 11) is 0. The van der Waals surface area contributed by atoms with E-state index < -0.39 is 5.82 Å². The first kappa shape index (κ1) is 13.4. The smallest absolute Gasteiger partial charge is 0.167 e. The Morgan fingerprint density at radius 1 is 1.05 bits per heavy atom. The molecule has 0 saturated carbocycles. The molecule has 0 atom stereocenters. The van der Waals surface area contributed by atoms with Crippen molar-refractivity contribution in [2.24, 2.45) is 0 Å². The van der Waals surface area contributed by atoms with E-state index in [1.54, 1.807) is 12.1 Å². The van der Waals surface area contributed by atoms with Crippen molar-refractivity contribution < 1.29 is 9.13 Å². The Morgan fingerprint density at radius 3 is 2.42 bits per heavy atom. The molecule has 0 heterocycles. The van der Waals surface area contributed by atoms with Crippen LogP contribution in [-0.2, 0) is 0 Å². The Kier molecular flexibility index (Phi) is 3.74. The molecule has 3 heteroatoms. The van der Waals surface area contributed by atoms with Crippen LogP contribution in [0.3, 0.4) is 0 Å². The van der Waals surface area contributed by atoms with Crippen LogP contribution in [0.25, 0.3) is 0 Å². The zero-order valence-corrected chi connectivity index (χ0v) is 11.4. The second kappa shape index (κ2) is 5.31. The van der Waals surface area contributed by atoms with Gasteiger partial charge in [0.2, 0.25) is 0 Å². The molecular weight excluding hydrogens is 241 g/mol. The molecular formula is C16H18FNO. The molecule has 100 valence electrons. The summed E-state index contributed by atoms with van der Waals surface area (Å²) >= 11 is 0. The second-order valence-corrected chi connectivity index (χ2v) is 4.99. The van der Waals surface area contributed by atoms with Crippen molar-refractivity contribution in [2.75, 3.05) is 5.73 Å². The predicted octanol–water partition coefficient (Wildman–Crippen LogP) is 4.63. The topological polar surface area (TPSA) is 35.2 Å². The molecule has 0 saturated heterocycles. The molecule has 2 nitrogen and oxygen atoms in total. The van der Waals surface area contributed by atoms with Crippen molar-refractivity contribution in [1.29, 1.82) is 0 Å². The lowest BCUT2D eigenvalue weighted by Gasteiger charge is -2.15. The van der Waals surface area contributed by atoms with Gasteiger partial charge in [-0.05, 0) is 42.2 Å². The van der Waals surface area contributed by atoms with Crippen molar-refractivity contribution >= 4 is 5.69 Å². The van der Waals surface area contributed by atoms with Crippen molar-refractivity contribution in [3.05, 3.63) is 53.3 Å². The van der Waals surface area contributed by atoms with Crippen LogP contribution in [0.4, 0.5) is 10.1 Å². The van der Waals surface area contributed by atoms with E-state index >= 15 is 0 Å². The molecule has 0 amide bonds. The van der Waals surface area contributed by atoms with Gasteiger partial charge < -0.3 is 10.5 Å². The quantitative estimate of drug-likeness (QED) is 0.815. The number of halogens is 1. The molecule has 0 aliphatic carbocycles. The van der Waals surface area contributed by atoms with Gasteiger partial charge in [0.25, 0.3) is 0 Å². The van der Waals surface area contributed by atoms with Gasteiger partial charge in [0.05, 0.1) is 0 Å². The number of hydrogen-bond acceptors (Lipinski definition) is 2. The Bertz CT molecular complexity index is 593. The van der Waals surface area contributed by atoms with Crippen LogP contribution in [0.5, 0.6) is 11.5 Å². The number of rotatable bonds is 3. The van der Waals surface area contributed by atoms with Crippen LogP contribution in [-0.4, -0.2) is 0 Å². The molecule has 0 radical (unpaired) electrons. The minimum Gasteiger partial charge on any atom is -0.454 e. The van der Waals surface area contributed by atoms with Gasteiger partial charge in [-0.2, -0.15) is 0 Å². The standard InChI is InChI=1S/C16H18FNO/c1-10(2)13-6-4-11(3)8-16(13)19-15-7-5-12(18)9-14(15)17/h4-10H,18H2,1-3H3. The van der Waals surface area contributed by atoms with Crippen molar-refractivity contribution in [1.82, 2.24) is 0 Å². The van der Waals surface area contributed by atoms with Crippen LogP contribution in [0, 0.1) is 12.7 Å². The number of hydrogen-bond donors (Lipinski definition) is 1. The fraction of sp³-hybridized carbons (Fsp3) is 0.250. The second-order valence-electron chi connectivity index (χ2n) is 4.99. The fourth-order valence-electron chi connectivity index (χ4n) is 1.93. The van der Waals surface area contributed by atoms with Crippen LogP contribution in [0.15, 0.2) is 36.4 Å². The normalized spacial score (nSPS) is 10.8. The maximum Gasteiger partial charge on any atom is 0.167 e. The van der Waals surface area contributed by atoms with E-state index in [1.165, 1.54) is 6.07 Å². The van der Waals surface area contributed by atoms with Crippen molar-refractivity contribution in [3.8, 4) is 11.5 Å². The summed E-state index contributed by atoms with van der Waals surface area (Å²) in [5, 5.41) is 0. The highest BCUT2D eigenvalue weighted by Crippen LogP contribution is 2.33. The molecule has 0 unspecified atom stereocenters. The fourth-order valence-corrected chi connectivity index (χ4v) is 1.93. The summed E-state index contributed by atoms with van der Waals surface area (Å²) in [6.45, 7) is 6.14. The van der Waals surface area contributed by atoms with Crippen LogP contribution >= 0.6 is 0 Å². The molecule has 0 spiro atoms. The summed E-state index contributed by atoms with van der Waals surface area (Å²) in [6.07, 6.45) is 0. The Balaban J connectivity index is 2.39. The van der Waals surface area contributed by atoms with E-state index in [2.05, 4.69) is 13.8 Å². The van der Waals surface area contributed by atoms with E-state index in [0.29, 0.717) is 17.4 Å². The number of anilines is 1. The van der Waals surface area contributed by atoms with Crippen LogP contribution in [0.1, 0.15) is 30.9 Å². The SMILES string of the molecule is Cc1ccc(C(C)C)c(Oc2ccc(N)cc2F)c1. The number of ether oxygens (including phenoxy) is 1.